The third-order valence-corrected chi connectivity index (χ3v) is 1.96. The van der Waals surface area contributed by atoms with Gasteiger partial charge in [-0.25, -0.2) is 0 Å². The first kappa shape index (κ1) is 9.54. The van der Waals surface area contributed by atoms with E-state index in [4.69, 9.17) is 23.2 Å². The molecule has 0 saturated heterocycles. The highest BCUT2D eigenvalue weighted by Crippen LogP contribution is 2.19. The van der Waals surface area contributed by atoms with Crippen LogP contribution in [0.4, 0.5) is 0 Å². The molecular formula is C4H6Br2Cl2. The lowest BCUT2D eigenvalue weighted by Gasteiger charge is -1.99. The molecule has 0 rings (SSSR count). The number of halogens is 4. The summed E-state index contributed by atoms with van der Waals surface area (Å²) in [6.45, 7) is 0. The van der Waals surface area contributed by atoms with Crippen LogP contribution in [0.3, 0.4) is 0 Å². The molecule has 0 aromatic rings. The van der Waals surface area contributed by atoms with Gasteiger partial charge >= 0.3 is 0 Å². The summed E-state index contributed by atoms with van der Waals surface area (Å²) in [4.78, 5) is 0. The average molecular weight is 285 g/mol. The maximum absolute atomic E-state index is 5.56. The second kappa shape index (κ2) is 5.33. The van der Waals surface area contributed by atoms with Crippen molar-refractivity contribution in [3.63, 3.8) is 0 Å². The van der Waals surface area contributed by atoms with E-state index in [1.54, 1.807) is 0 Å². The van der Waals surface area contributed by atoms with Crippen molar-refractivity contribution >= 4 is 55.1 Å². The summed E-state index contributed by atoms with van der Waals surface area (Å²) >= 11 is 17.5. The summed E-state index contributed by atoms with van der Waals surface area (Å²) in [6, 6.07) is 0. The van der Waals surface area contributed by atoms with Gasteiger partial charge in [0.1, 0.15) is 0 Å². The fraction of sp³-hybridized carbons (Fsp3) is 1.00. The van der Waals surface area contributed by atoms with Gasteiger partial charge in [0, 0.05) is 0 Å². The van der Waals surface area contributed by atoms with Crippen molar-refractivity contribution in [2.24, 2.45) is 0 Å². The molecule has 0 heterocycles. The lowest BCUT2D eigenvalue weighted by molar-refractivity contribution is 0.858. The van der Waals surface area contributed by atoms with Gasteiger partial charge in [0.2, 0.25) is 0 Å². The summed E-state index contributed by atoms with van der Waals surface area (Å²) in [5, 5.41) is 0. The molecule has 2 unspecified atom stereocenters. The van der Waals surface area contributed by atoms with Gasteiger partial charge in [-0.3, -0.25) is 0 Å². The number of alkyl halides is 4. The molecule has 0 radical (unpaired) electrons. The van der Waals surface area contributed by atoms with Gasteiger partial charge in [-0.15, -0.1) is 23.2 Å². The molecule has 0 aliphatic rings. The predicted molar refractivity (Wildman–Crippen MR) is 46.4 cm³/mol. The minimum atomic E-state index is 0.0568. The maximum Gasteiger partial charge on any atom is 0.0887 e. The number of hydrogen-bond donors (Lipinski definition) is 0. The molecule has 50 valence electrons. The maximum atomic E-state index is 5.56. The SMILES string of the molecule is ClC(Br)CCC(Cl)Br. The molecular weight excluding hydrogens is 279 g/mol. The van der Waals surface area contributed by atoms with Gasteiger partial charge in [0.15, 0.2) is 0 Å². The molecule has 0 aromatic carbocycles. The molecule has 0 amide bonds. The molecule has 0 saturated carbocycles. The van der Waals surface area contributed by atoms with Crippen LogP contribution in [-0.4, -0.2) is 8.57 Å². The Labute approximate surface area is 76.2 Å². The molecule has 0 N–H and O–H groups in total. The van der Waals surface area contributed by atoms with Gasteiger partial charge < -0.3 is 0 Å². The van der Waals surface area contributed by atoms with Gasteiger partial charge in [0.25, 0.3) is 0 Å². The van der Waals surface area contributed by atoms with E-state index >= 15 is 0 Å². The topological polar surface area (TPSA) is 0 Å². The normalized spacial score (nSPS) is 18.0. The fourth-order valence-electron chi connectivity index (χ4n) is 0.252. The third kappa shape index (κ3) is 7.54. The van der Waals surface area contributed by atoms with Crippen LogP contribution in [0.25, 0.3) is 0 Å². The van der Waals surface area contributed by atoms with Crippen molar-refractivity contribution in [1.82, 2.24) is 0 Å². The summed E-state index contributed by atoms with van der Waals surface area (Å²) < 4.78 is 0.114. The van der Waals surface area contributed by atoms with Crippen molar-refractivity contribution in [3.8, 4) is 0 Å². The quantitative estimate of drug-likeness (QED) is 0.694. The molecule has 0 aliphatic carbocycles. The average Bonchev–Trinajstić information content (AvgIpc) is 1.61. The minimum Gasteiger partial charge on any atom is -0.110 e. The predicted octanol–water partition coefficient (Wildman–Crippen LogP) is 3.69. The Morgan fingerprint density at radius 2 is 1.25 bits per heavy atom. The molecule has 0 nitrogen and oxygen atoms in total. The number of rotatable bonds is 3. The third-order valence-electron chi connectivity index (χ3n) is 0.603. The van der Waals surface area contributed by atoms with E-state index in [0.717, 1.165) is 12.8 Å². The first-order chi connectivity index (χ1) is 3.63. The zero-order valence-electron chi connectivity index (χ0n) is 4.08. The molecule has 8 heavy (non-hydrogen) atoms. The Bertz CT molecular complexity index is 48.0. The molecule has 0 spiro atoms. The van der Waals surface area contributed by atoms with Crippen molar-refractivity contribution in [3.05, 3.63) is 0 Å². The van der Waals surface area contributed by atoms with E-state index in [1.165, 1.54) is 0 Å². The zero-order chi connectivity index (χ0) is 6.57. The first-order valence-corrected chi connectivity index (χ1v) is 4.89. The first-order valence-electron chi connectivity index (χ1n) is 2.19. The Morgan fingerprint density at radius 1 is 1.00 bits per heavy atom. The van der Waals surface area contributed by atoms with Crippen molar-refractivity contribution in [2.45, 2.75) is 21.4 Å². The summed E-state index contributed by atoms with van der Waals surface area (Å²) in [5.41, 5.74) is 0. The monoisotopic (exact) mass is 282 g/mol. The lowest BCUT2D eigenvalue weighted by atomic mass is 10.4. The van der Waals surface area contributed by atoms with Crippen LogP contribution < -0.4 is 0 Å². The van der Waals surface area contributed by atoms with Gasteiger partial charge in [0.05, 0.1) is 8.57 Å². The van der Waals surface area contributed by atoms with E-state index < -0.39 is 0 Å². The summed E-state index contributed by atoms with van der Waals surface area (Å²) in [5.74, 6) is 0. The second-order valence-electron chi connectivity index (χ2n) is 1.36. The van der Waals surface area contributed by atoms with Crippen molar-refractivity contribution < 1.29 is 0 Å². The van der Waals surface area contributed by atoms with Crippen LogP contribution in [0.1, 0.15) is 12.8 Å². The Morgan fingerprint density at radius 3 is 1.38 bits per heavy atom. The van der Waals surface area contributed by atoms with E-state index in [1.807, 2.05) is 0 Å². The van der Waals surface area contributed by atoms with E-state index in [9.17, 15) is 0 Å². The zero-order valence-corrected chi connectivity index (χ0v) is 8.76. The summed E-state index contributed by atoms with van der Waals surface area (Å²) in [7, 11) is 0. The van der Waals surface area contributed by atoms with E-state index in [0.29, 0.717) is 0 Å². The van der Waals surface area contributed by atoms with Crippen LogP contribution >= 0.6 is 55.1 Å². The van der Waals surface area contributed by atoms with Gasteiger partial charge in [-0.05, 0) is 12.8 Å². The minimum absolute atomic E-state index is 0.0568. The highest BCUT2D eigenvalue weighted by molar-refractivity contribution is 9.10. The Balaban J connectivity index is 2.93. The summed E-state index contributed by atoms with van der Waals surface area (Å²) in [6.07, 6.45) is 1.78. The molecule has 0 bridgehead atoms. The molecule has 2 atom stereocenters. The standard InChI is InChI=1S/C4H6Br2Cl2/c5-3(7)1-2-4(6)8/h3-4H,1-2H2. The van der Waals surface area contributed by atoms with Gasteiger partial charge in [-0.2, -0.15) is 0 Å². The fourth-order valence-corrected chi connectivity index (χ4v) is 1.03. The lowest BCUT2D eigenvalue weighted by Crippen LogP contribution is -1.91. The Hall–Kier alpha value is 1.54. The second-order valence-corrected chi connectivity index (χ2v) is 5.68. The van der Waals surface area contributed by atoms with E-state index in [-0.39, 0.29) is 8.57 Å². The van der Waals surface area contributed by atoms with Crippen LogP contribution in [-0.2, 0) is 0 Å². The smallest absolute Gasteiger partial charge is 0.0887 e. The highest BCUT2D eigenvalue weighted by atomic mass is 79.9. The molecule has 4 heteroatoms. The van der Waals surface area contributed by atoms with Crippen LogP contribution in [0.5, 0.6) is 0 Å². The molecule has 0 fully saturated rings. The Kier molecular flexibility index (Phi) is 6.36. The molecule has 0 aliphatic heterocycles. The van der Waals surface area contributed by atoms with Crippen molar-refractivity contribution in [2.75, 3.05) is 0 Å². The van der Waals surface area contributed by atoms with Crippen LogP contribution in [0.15, 0.2) is 0 Å². The largest absolute Gasteiger partial charge is 0.110 e. The van der Waals surface area contributed by atoms with Crippen LogP contribution in [0.2, 0.25) is 0 Å². The number of hydrogen-bond acceptors (Lipinski definition) is 0. The van der Waals surface area contributed by atoms with Gasteiger partial charge in [-0.1, -0.05) is 31.9 Å². The molecule has 0 aromatic heterocycles. The van der Waals surface area contributed by atoms with E-state index in [2.05, 4.69) is 31.9 Å². The van der Waals surface area contributed by atoms with Crippen LogP contribution in [0, 0.1) is 0 Å². The van der Waals surface area contributed by atoms with Crippen molar-refractivity contribution in [1.29, 1.82) is 0 Å². The highest BCUT2D eigenvalue weighted by Gasteiger charge is 2.01.